The summed E-state index contributed by atoms with van der Waals surface area (Å²) in [5, 5.41) is 20.0. The first-order valence-corrected chi connectivity index (χ1v) is 6.27. The van der Waals surface area contributed by atoms with Crippen LogP contribution in [0.2, 0.25) is 0 Å². The van der Waals surface area contributed by atoms with Crippen LogP contribution in [0.15, 0.2) is 6.33 Å². The highest BCUT2D eigenvalue weighted by molar-refractivity contribution is 5.69. The second-order valence-corrected chi connectivity index (χ2v) is 4.54. The van der Waals surface area contributed by atoms with E-state index in [0.717, 1.165) is 19.3 Å². The number of aliphatic hydroxyl groups excluding tert-OH is 1. The van der Waals surface area contributed by atoms with Gasteiger partial charge in [-0.2, -0.15) is 0 Å². The minimum atomic E-state index is -0.536. The maximum Gasteiger partial charge on any atom is 0.353 e. The van der Waals surface area contributed by atoms with E-state index in [-0.39, 0.29) is 30.0 Å². The third-order valence-corrected chi connectivity index (χ3v) is 3.36. The Morgan fingerprint density at radius 1 is 1.58 bits per heavy atom. The van der Waals surface area contributed by atoms with Crippen LogP contribution < -0.4 is 10.6 Å². The maximum absolute atomic E-state index is 11.1. The molecule has 0 aliphatic carbocycles. The summed E-state index contributed by atoms with van der Waals surface area (Å²) in [6.07, 6.45) is 4.62. The number of nitrogens with zero attached hydrogens (tertiary/aromatic N) is 4. The lowest BCUT2D eigenvalue weighted by Crippen LogP contribution is -2.31. The molecule has 1 aliphatic rings. The number of anilines is 2. The normalized spacial score (nSPS) is 18.8. The summed E-state index contributed by atoms with van der Waals surface area (Å²) >= 11 is 0. The van der Waals surface area contributed by atoms with Crippen LogP contribution >= 0.6 is 0 Å². The fourth-order valence-electron chi connectivity index (χ4n) is 2.51. The molecule has 0 bridgehead atoms. The molecule has 1 aromatic rings. The van der Waals surface area contributed by atoms with Gasteiger partial charge in [-0.1, -0.05) is 0 Å². The Bertz CT molecular complexity index is 468. The molecule has 1 saturated heterocycles. The van der Waals surface area contributed by atoms with E-state index in [1.54, 1.807) is 0 Å². The number of nitro groups is 1. The van der Waals surface area contributed by atoms with Crippen molar-refractivity contribution < 1.29 is 10.0 Å². The monoisotopic (exact) mass is 267 g/mol. The summed E-state index contributed by atoms with van der Waals surface area (Å²) in [6.45, 7) is 0.839. The van der Waals surface area contributed by atoms with Gasteiger partial charge >= 0.3 is 5.69 Å². The lowest BCUT2D eigenvalue weighted by Gasteiger charge is -2.25. The molecule has 0 saturated carbocycles. The number of nitrogen functional groups attached to an aromatic ring is 1. The van der Waals surface area contributed by atoms with Crippen LogP contribution in [0.25, 0.3) is 0 Å². The van der Waals surface area contributed by atoms with Crippen LogP contribution in [0.1, 0.15) is 25.7 Å². The van der Waals surface area contributed by atoms with Gasteiger partial charge in [0.05, 0.1) is 4.92 Å². The summed E-state index contributed by atoms with van der Waals surface area (Å²) in [7, 11) is 0. The molecule has 1 atom stereocenters. The molecule has 1 unspecified atom stereocenters. The summed E-state index contributed by atoms with van der Waals surface area (Å²) in [4.78, 5) is 20.2. The van der Waals surface area contributed by atoms with Crippen LogP contribution in [0.5, 0.6) is 0 Å². The Labute approximate surface area is 110 Å². The topological polar surface area (TPSA) is 118 Å². The predicted octanol–water partition coefficient (Wildman–Crippen LogP) is 0.708. The second-order valence-electron chi connectivity index (χ2n) is 4.54. The first-order valence-electron chi connectivity index (χ1n) is 6.27. The number of nitrogens with two attached hydrogens (primary N) is 1. The van der Waals surface area contributed by atoms with Crippen molar-refractivity contribution in [2.75, 3.05) is 23.8 Å². The van der Waals surface area contributed by atoms with E-state index >= 15 is 0 Å². The molecule has 1 aliphatic heterocycles. The number of hydrogen-bond acceptors (Lipinski definition) is 7. The van der Waals surface area contributed by atoms with Crippen LogP contribution in [-0.4, -0.2) is 39.2 Å². The molecular formula is C11H17N5O3. The SMILES string of the molecule is Nc1ncnc(N2CCCC2CCCO)c1[N+](=O)[O-]. The predicted molar refractivity (Wildman–Crippen MR) is 69.8 cm³/mol. The van der Waals surface area contributed by atoms with Crippen molar-refractivity contribution in [3.8, 4) is 0 Å². The molecule has 1 aromatic heterocycles. The van der Waals surface area contributed by atoms with Gasteiger partial charge < -0.3 is 15.7 Å². The number of rotatable bonds is 5. The summed E-state index contributed by atoms with van der Waals surface area (Å²) in [6, 6.07) is 0.167. The van der Waals surface area contributed by atoms with Crippen LogP contribution in [0.4, 0.5) is 17.3 Å². The number of aromatic nitrogens is 2. The largest absolute Gasteiger partial charge is 0.396 e. The smallest absolute Gasteiger partial charge is 0.353 e. The highest BCUT2D eigenvalue weighted by Gasteiger charge is 2.32. The lowest BCUT2D eigenvalue weighted by atomic mass is 10.1. The molecule has 19 heavy (non-hydrogen) atoms. The van der Waals surface area contributed by atoms with Gasteiger partial charge in [-0.05, 0) is 25.7 Å². The Hall–Kier alpha value is -1.96. The average Bonchev–Trinajstić information content (AvgIpc) is 2.83. The number of aliphatic hydroxyl groups is 1. The molecular weight excluding hydrogens is 250 g/mol. The van der Waals surface area contributed by atoms with Crippen molar-refractivity contribution in [3.05, 3.63) is 16.4 Å². The first kappa shape index (κ1) is 13.5. The summed E-state index contributed by atoms with van der Waals surface area (Å²) in [5.41, 5.74) is 5.35. The Balaban J connectivity index is 2.30. The van der Waals surface area contributed by atoms with E-state index in [1.165, 1.54) is 6.33 Å². The Morgan fingerprint density at radius 2 is 2.37 bits per heavy atom. The first-order chi connectivity index (χ1) is 9.15. The van der Waals surface area contributed by atoms with Gasteiger partial charge in [0, 0.05) is 19.2 Å². The van der Waals surface area contributed by atoms with Crippen LogP contribution in [-0.2, 0) is 0 Å². The average molecular weight is 267 g/mol. The van der Waals surface area contributed by atoms with E-state index in [4.69, 9.17) is 10.8 Å². The molecule has 0 amide bonds. The van der Waals surface area contributed by atoms with Crippen molar-refractivity contribution in [1.82, 2.24) is 9.97 Å². The van der Waals surface area contributed by atoms with Gasteiger partial charge in [0.1, 0.15) is 6.33 Å². The van der Waals surface area contributed by atoms with Gasteiger partial charge in [0.2, 0.25) is 11.6 Å². The lowest BCUT2D eigenvalue weighted by molar-refractivity contribution is -0.383. The van der Waals surface area contributed by atoms with Gasteiger partial charge in [0.15, 0.2) is 0 Å². The van der Waals surface area contributed by atoms with Gasteiger partial charge in [0.25, 0.3) is 0 Å². The molecule has 1 fully saturated rings. The molecule has 2 rings (SSSR count). The quantitative estimate of drug-likeness (QED) is 0.595. The van der Waals surface area contributed by atoms with Crippen molar-refractivity contribution in [2.24, 2.45) is 0 Å². The maximum atomic E-state index is 11.1. The van der Waals surface area contributed by atoms with E-state index in [0.29, 0.717) is 13.0 Å². The van der Waals surface area contributed by atoms with E-state index in [1.807, 2.05) is 4.90 Å². The molecule has 3 N–H and O–H groups in total. The van der Waals surface area contributed by atoms with E-state index in [2.05, 4.69) is 9.97 Å². The summed E-state index contributed by atoms with van der Waals surface area (Å²) in [5.74, 6) is 0.181. The molecule has 0 aromatic carbocycles. The van der Waals surface area contributed by atoms with Crippen molar-refractivity contribution in [2.45, 2.75) is 31.7 Å². The van der Waals surface area contributed by atoms with E-state index < -0.39 is 4.92 Å². The van der Waals surface area contributed by atoms with Gasteiger partial charge in [-0.3, -0.25) is 10.1 Å². The molecule has 2 heterocycles. The number of hydrogen-bond donors (Lipinski definition) is 2. The fraction of sp³-hybridized carbons (Fsp3) is 0.636. The minimum absolute atomic E-state index is 0.109. The van der Waals surface area contributed by atoms with Gasteiger partial charge in [-0.15, -0.1) is 0 Å². The molecule has 8 heteroatoms. The zero-order chi connectivity index (χ0) is 13.8. The third-order valence-electron chi connectivity index (χ3n) is 3.36. The zero-order valence-electron chi connectivity index (χ0n) is 10.5. The molecule has 104 valence electrons. The van der Waals surface area contributed by atoms with Crippen molar-refractivity contribution in [1.29, 1.82) is 0 Å². The Morgan fingerprint density at radius 3 is 3.05 bits per heavy atom. The zero-order valence-corrected chi connectivity index (χ0v) is 10.5. The van der Waals surface area contributed by atoms with Crippen LogP contribution in [0, 0.1) is 10.1 Å². The molecule has 0 radical (unpaired) electrons. The highest BCUT2D eigenvalue weighted by Crippen LogP contribution is 2.35. The van der Waals surface area contributed by atoms with E-state index in [9.17, 15) is 10.1 Å². The van der Waals surface area contributed by atoms with Crippen molar-refractivity contribution in [3.63, 3.8) is 0 Å². The van der Waals surface area contributed by atoms with Crippen LogP contribution in [0.3, 0.4) is 0 Å². The minimum Gasteiger partial charge on any atom is -0.396 e. The third kappa shape index (κ3) is 2.73. The second kappa shape index (κ2) is 5.79. The van der Waals surface area contributed by atoms with Gasteiger partial charge in [-0.25, -0.2) is 9.97 Å². The highest BCUT2D eigenvalue weighted by atomic mass is 16.6. The fourth-order valence-corrected chi connectivity index (χ4v) is 2.51. The molecule has 8 nitrogen and oxygen atoms in total. The molecule has 0 spiro atoms. The standard InChI is InChI=1S/C11H17N5O3/c12-10-9(16(18)19)11(14-7-13-10)15-5-1-3-8(15)4-2-6-17/h7-8,17H,1-6H2,(H2,12,13,14). The summed E-state index contributed by atoms with van der Waals surface area (Å²) < 4.78 is 0. The van der Waals surface area contributed by atoms with Crippen molar-refractivity contribution >= 4 is 17.3 Å². The Kier molecular flexibility index (Phi) is 4.10.